The first kappa shape index (κ1) is 34.1. The van der Waals surface area contributed by atoms with Gasteiger partial charge in [0.2, 0.25) is 5.91 Å². The minimum Gasteiger partial charge on any atom is -0.405 e. The van der Waals surface area contributed by atoms with E-state index in [0.29, 0.717) is 43.3 Å². The van der Waals surface area contributed by atoms with E-state index in [2.05, 4.69) is 9.29 Å². The molecular formula is C35H43F3N4O6S. The third-order valence-corrected chi connectivity index (χ3v) is 12.3. The Labute approximate surface area is 284 Å². The second-order valence-corrected chi connectivity index (χ2v) is 16.4. The Balaban J connectivity index is 1.46. The first-order valence-electron chi connectivity index (χ1n) is 17.1. The number of nitrogens with one attached hydrogen (secondary N) is 1. The highest BCUT2D eigenvalue weighted by Gasteiger charge is 2.65. The van der Waals surface area contributed by atoms with Crippen LogP contribution in [-0.2, 0) is 42.2 Å². The average molecular weight is 705 g/mol. The number of halogens is 3. The average Bonchev–Trinajstić information content (AvgIpc) is 3.68. The van der Waals surface area contributed by atoms with Crippen molar-refractivity contribution in [1.82, 2.24) is 18.5 Å². The lowest BCUT2D eigenvalue weighted by Gasteiger charge is -2.37. The van der Waals surface area contributed by atoms with Gasteiger partial charge in [0.05, 0.1) is 17.6 Å². The highest BCUT2D eigenvalue weighted by Crippen LogP contribution is 2.63. The third kappa shape index (κ3) is 6.07. The Morgan fingerprint density at radius 3 is 2.43 bits per heavy atom. The van der Waals surface area contributed by atoms with Gasteiger partial charge in [-0.15, -0.1) is 13.2 Å². The van der Waals surface area contributed by atoms with E-state index >= 15 is 0 Å². The van der Waals surface area contributed by atoms with Crippen LogP contribution in [-0.4, -0.2) is 79.8 Å². The van der Waals surface area contributed by atoms with E-state index in [9.17, 15) is 31.2 Å². The van der Waals surface area contributed by atoms with Gasteiger partial charge in [-0.25, -0.2) is 4.72 Å². The first-order valence-corrected chi connectivity index (χ1v) is 18.6. The molecule has 7 rings (SSSR count). The number of hydrogen-bond donors (Lipinski definition) is 1. The SMILES string of the molecule is C[C@@H]1CN(C(=O)[C@]23CC2C2=C(OC(F)(F)F)C=CCC2=c2c(C4CCCCC4)c4c(n2C3)=CC(C(=O)NS(=O)(=O)N(C)C)=CC4)C[C@H](C)O1. The van der Waals surface area contributed by atoms with Gasteiger partial charge in [0, 0.05) is 61.5 Å². The Hall–Kier alpha value is -3.36. The number of carbonyl (C=O) groups is 2. The molecule has 0 radical (unpaired) electrons. The van der Waals surface area contributed by atoms with Crippen LogP contribution in [0.25, 0.3) is 11.6 Å². The molecule has 1 saturated heterocycles. The number of alkyl halides is 3. The van der Waals surface area contributed by atoms with Crippen molar-refractivity contribution in [2.75, 3.05) is 27.2 Å². The summed E-state index contributed by atoms with van der Waals surface area (Å²) >= 11 is 0. The highest BCUT2D eigenvalue weighted by atomic mass is 32.2. The molecule has 2 aliphatic heterocycles. The van der Waals surface area contributed by atoms with Crippen LogP contribution in [0.3, 0.4) is 0 Å². The predicted molar refractivity (Wildman–Crippen MR) is 175 cm³/mol. The van der Waals surface area contributed by atoms with Gasteiger partial charge >= 0.3 is 16.6 Å². The molecule has 1 aromatic rings. The number of hydrogen-bond acceptors (Lipinski definition) is 6. The molecule has 14 heteroatoms. The van der Waals surface area contributed by atoms with Crippen molar-refractivity contribution in [1.29, 1.82) is 0 Å². The maximum Gasteiger partial charge on any atom is 0.573 e. The zero-order valence-corrected chi connectivity index (χ0v) is 29.0. The zero-order valence-electron chi connectivity index (χ0n) is 28.2. The Morgan fingerprint density at radius 2 is 1.78 bits per heavy atom. The number of rotatable bonds is 6. The van der Waals surface area contributed by atoms with Crippen molar-refractivity contribution in [3.8, 4) is 0 Å². The van der Waals surface area contributed by atoms with Crippen LogP contribution in [0.4, 0.5) is 13.2 Å². The summed E-state index contributed by atoms with van der Waals surface area (Å²) in [6.45, 7) is 4.78. The van der Waals surface area contributed by atoms with Crippen molar-refractivity contribution in [2.24, 2.45) is 11.3 Å². The number of morpholine rings is 1. The fraction of sp³-hybridized carbons (Fsp3) is 0.600. The minimum absolute atomic E-state index is 0.122. The monoisotopic (exact) mass is 704 g/mol. The summed E-state index contributed by atoms with van der Waals surface area (Å²) in [6.07, 6.45) is 7.26. The summed E-state index contributed by atoms with van der Waals surface area (Å²) in [5.41, 5.74) is 2.35. The van der Waals surface area contributed by atoms with Crippen molar-refractivity contribution in [2.45, 2.75) is 96.2 Å². The lowest BCUT2D eigenvalue weighted by Crippen LogP contribution is -2.52. The van der Waals surface area contributed by atoms with E-state index in [1.165, 1.54) is 20.2 Å². The molecule has 4 aliphatic carbocycles. The maximum absolute atomic E-state index is 14.7. The summed E-state index contributed by atoms with van der Waals surface area (Å²) in [6, 6.07) is 0. The minimum atomic E-state index is -4.92. The molecule has 0 spiro atoms. The van der Waals surface area contributed by atoms with E-state index in [-0.39, 0.29) is 41.9 Å². The zero-order chi connectivity index (χ0) is 35.0. The molecule has 4 atom stereocenters. The standard InChI is InChI=1S/C35H43F3N4O6S/c1-20-17-41(18-21(2)47-20)33(44)34-16-26(34)30-25(11-8-12-28(30)48-35(36,37)38)31-29(22-9-6-5-7-10-22)24-14-13-23(15-27(24)42(31)19-34)32(43)39-49(45,46)40(3)4/h8,12-13,15,20-22,26H,5-7,9-11,14,16-19H2,1-4H3,(H,39,43)/t20-,21+,26?,34-/m0/s1. The molecule has 266 valence electrons. The fourth-order valence-corrected chi connectivity index (χ4v) is 9.34. The summed E-state index contributed by atoms with van der Waals surface area (Å²) in [4.78, 5) is 29.8. The van der Waals surface area contributed by atoms with Crippen molar-refractivity contribution in [3.63, 3.8) is 0 Å². The highest BCUT2D eigenvalue weighted by molar-refractivity contribution is 7.87. The normalized spacial score (nSPS) is 28.5. The van der Waals surface area contributed by atoms with Gasteiger partial charge in [-0.2, -0.15) is 12.7 Å². The van der Waals surface area contributed by atoms with Gasteiger partial charge in [0.25, 0.3) is 5.91 Å². The summed E-state index contributed by atoms with van der Waals surface area (Å²) in [7, 11) is -1.41. The van der Waals surface area contributed by atoms with Gasteiger partial charge in [-0.3, -0.25) is 9.59 Å². The third-order valence-electron chi connectivity index (χ3n) is 10.9. The Kier molecular flexibility index (Phi) is 8.46. The van der Waals surface area contributed by atoms with Crippen LogP contribution in [0.15, 0.2) is 35.1 Å². The maximum atomic E-state index is 14.7. The summed E-state index contributed by atoms with van der Waals surface area (Å²) in [5, 5.41) is 1.52. The van der Waals surface area contributed by atoms with Gasteiger partial charge < -0.3 is 18.9 Å². The number of carbonyl (C=O) groups excluding carboxylic acids is 2. The number of amides is 2. The van der Waals surface area contributed by atoms with Crippen LogP contribution in [0, 0.1) is 11.3 Å². The van der Waals surface area contributed by atoms with Crippen molar-refractivity contribution < 1.29 is 40.7 Å². The number of aromatic nitrogens is 1. The lowest BCUT2D eigenvalue weighted by atomic mass is 9.80. The second kappa shape index (κ2) is 12.2. The predicted octanol–water partition coefficient (Wildman–Crippen LogP) is 3.28. The fourth-order valence-electron chi connectivity index (χ4n) is 8.81. The molecule has 3 fully saturated rings. The van der Waals surface area contributed by atoms with Crippen LogP contribution < -0.4 is 15.4 Å². The molecule has 2 saturated carbocycles. The van der Waals surface area contributed by atoms with Crippen LogP contribution >= 0.6 is 0 Å². The molecule has 1 unspecified atom stereocenters. The molecule has 1 N–H and O–H groups in total. The molecule has 49 heavy (non-hydrogen) atoms. The second-order valence-electron chi connectivity index (χ2n) is 14.6. The van der Waals surface area contributed by atoms with Crippen molar-refractivity contribution >= 4 is 33.7 Å². The van der Waals surface area contributed by atoms with E-state index in [0.717, 1.165) is 58.5 Å². The van der Waals surface area contributed by atoms with E-state index in [1.54, 1.807) is 23.1 Å². The molecule has 0 bridgehead atoms. The topological polar surface area (TPSA) is 110 Å². The smallest absolute Gasteiger partial charge is 0.405 e. The molecular weight excluding hydrogens is 661 g/mol. The van der Waals surface area contributed by atoms with E-state index < -0.39 is 33.8 Å². The molecule has 2 amide bonds. The van der Waals surface area contributed by atoms with Gasteiger partial charge in [-0.05, 0) is 80.7 Å². The molecule has 10 nitrogen and oxygen atoms in total. The number of allylic oxidation sites excluding steroid dienone is 4. The Bertz CT molecular complexity index is 1910. The van der Waals surface area contributed by atoms with Gasteiger partial charge in [0.1, 0.15) is 5.76 Å². The summed E-state index contributed by atoms with van der Waals surface area (Å²) < 4.78 is 82.6. The van der Waals surface area contributed by atoms with E-state index in [1.807, 2.05) is 13.8 Å². The quantitative estimate of drug-likeness (QED) is 0.487. The Morgan fingerprint density at radius 1 is 1.08 bits per heavy atom. The van der Waals surface area contributed by atoms with Crippen LogP contribution in [0.1, 0.15) is 75.8 Å². The molecule has 6 aliphatic rings. The summed E-state index contributed by atoms with van der Waals surface area (Å²) in [5.74, 6) is -1.51. The van der Waals surface area contributed by atoms with Crippen LogP contribution in [0.2, 0.25) is 0 Å². The largest absolute Gasteiger partial charge is 0.573 e. The van der Waals surface area contributed by atoms with Crippen molar-refractivity contribution in [3.05, 3.63) is 57.0 Å². The van der Waals surface area contributed by atoms with Gasteiger partial charge in [-0.1, -0.05) is 31.4 Å². The molecule has 3 heterocycles. The number of nitrogens with zero attached hydrogens (tertiary/aromatic N) is 3. The first-order chi connectivity index (χ1) is 23.1. The number of ether oxygens (including phenoxy) is 2. The van der Waals surface area contributed by atoms with Gasteiger partial charge in [0.15, 0.2) is 0 Å². The molecule has 0 aromatic carbocycles. The van der Waals surface area contributed by atoms with E-state index in [4.69, 9.17) is 9.47 Å². The molecule has 1 aromatic heterocycles. The number of fused-ring (bicyclic) bond motifs is 6. The lowest BCUT2D eigenvalue weighted by molar-refractivity contribution is -0.303. The van der Waals surface area contributed by atoms with Crippen LogP contribution in [0.5, 0.6) is 0 Å².